The molecule has 1 aromatic carbocycles. The summed E-state index contributed by atoms with van der Waals surface area (Å²) >= 11 is 3.39. The quantitative estimate of drug-likeness (QED) is 0.541. The maximum Gasteiger partial charge on any atom is 0.407 e. The van der Waals surface area contributed by atoms with Gasteiger partial charge in [0.15, 0.2) is 0 Å². The fraction of sp³-hybridized carbons (Fsp3) is 0.524. The second-order valence-corrected chi connectivity index (χ2v) is 11.5. The van der Waals surface area contributed by atoms with Crippen LogP contribution in [0.1, 0.15) is 50.3 Å². The van der Waals surface area contributed by atoms with Crippen LogP contribution in [0.5, 0.6) is 0 Å². The molecule has 0 aliphatic rings. The summed E-state index contributed by atoms with van der Waals surface area (Å²) in [6.45, 7) is 6.26. The fourth-order valence-electron chi connectivity index (χ4n) is 3.09. The third-order valence-corrected chi connectivity index (χ3v) is 7.73. The zero-order chi connectivity index (χ0) is 23.6. The molecule has 8 nitrogen and oxygen atoms in total. The zero-order valence-corrected chi connectivity index (χ0v) is 21.2. The first-order valence-electron chi connectivity index (χ1n) is 10.00. The van der Waals surface area contributed by atoms with Gasteiger partial charge < -0.3 is 10.0 Å². The zero-order valence-electron chi connectivity index (χ0n) is 18.8. The summed E-state index contributed by atoms with van der Waals surface area (Å²) in [5.74, 6) is 0.184. The number of likely N-dealkylation sites (N-methyl/N-ethyl adjacent to an activating group) is 1. The van der Waals surface area contributed by atoms with Crippen LogP contribution in [-0.2, 0) is 23.1 Å². The summed E-state index contributed by atoms with van der Waals surface area (Å²) < 4.78 is 29.3. The predicted molar refractivity (Wildman–Crippen MR) is 124 cm³/mol. The van der Waals surface area contributed by atoms with Crippen molar-refractivity contribution in [2.45, 2.75) is 46.1 Å². The summed E-state index contributed by atoms with van der Waals surface area (Å²) in [5.41, 5.74) is 1.42. The Morgan fingerprint density at radius 3 is 2.29 bits per heavy atom. The van der Waals surface area contributed by atoms with Crippen LogP contribution in [0.25, 0.3) is 0 Å². The first-order valence-corrected chi connectivity index (χ1v) is 12.2. The third kappa shape index (κ3) is 6.08. The number of rotatable bonds is 9. The highest BCUT2D eigenvalue weighted by Gasteiger charge is 2.32. The van der Waals surface area contributed by atoms with Crippen molar-refractivity contribution in [1.29, 1.82) is 0 Å². The van der Waals surface area contributed by atoms with Crippen molar-refractivity contribution < 1.29 is 18.3 Å². The van der Waals surface area contributed by atoms with E-state index in [0.29, 0.717) is 12.1 Å². The van der Waals surface area contributed by atoms with E-state index in [1.165, 1.54) is 27.3 Å². The van der Waals surface area contributed by atoms with Crippen LogP contribution in [0.15, 0.2) is 34.9 Å². The molecular weight excluding hydrogens is 484 g/mol. The van der Waals surface area contributed by atoms with E-state index in [1.807, 2.05) is 24.3 Å². The number of nitrogens with zero attached hydrogens (tertiary/aromatic N) is 4. The van der Waals surface area contributed by atoms with Gasteiger partial charge in [0, 0.05) is 38.2 Å². The minimum absolute atomic E-state index is 0.0712. The monoisotopic (exact) mass is 514 g/mol. The average molecular weight is 515 g/mol. The van der Waals surface area contributed by atoms with Gasteiger partial charge in [-0.2, -0.15) is 12.7 Å². The standard InChI is InChI=1S/C21H31BrN4O4S/c1-7-21(2,3)13-17-14-26(31(29,30)24(4)5)19(23-17)18(25(6)20(27)28)12-15-8-10-16(22)11-9-15/h8-11,14,18H,7,12-13H2,1-6H3,(H,27,28). The Balaban J connectivity index is 2.65. The smallest absolute Gasteiger partial charge is 0.407 e. The number of carboxylic acid groups (broad SMARTS) is 1. The highest BCUT2D eigenvalue weighted by Crippen LogP contribution is 2.30. The Kier molecular flexibility index (Phi) is 7.94. The van der Waals surface area contributed by atoms with Gasteiger partial charge in [-0.15, -0.1) is 0 Å². The normalized spacial score (nSPS) is 13.4. The van der Waals surface area contributed by atoms with E-state index in [9.17, 15) is 18.3 Å². The van der Waals surface area contributed by atoms with Crippen LogP contribution >= 0.6 is 15.9 Å². The Labute approximate surface area is 193 Å². The number of halogens is 1. The highest BCUT2D eigenvalue weighted by molar-refractivity contribution is 9.10. The molecule has 0 aliphatic heterocycles. The molecule has 2 aromatic rings. The fourth-order valence-corrected chi connectivity index (χ4v) is 4.36. The lowest BCUT2D eigenvalue weighted by atomic mass is 9.85. The largest absolute Gasteiger partial charge is 0.465 e. The third-order valence-electron chi connectivity index (χ3n) is 5.49. The SMILES string of the molecule is CCC(C)(C)Cc1cn(S(=O)(=O)N(C)C)c(C(Cc2ccc(Br)cc2)N(C)C(=O)O)n1. The summed E-state index contributed by atoms with van der Waals surface area (Å²) in [6, 6.07) is 6.70. The summed E-state index contributed by atoms with van der Waals surface area (Å²) in [6.07, 6.45) is 2.12. The van der Waals surface area contributed by atoms with E-state index in [1.54, 1.807) is 0 Å². The molecule has 1 atom stereocenters. The van der Waals surface area contributed by atoms with E-state index in [-0.39, 0.29) is 17.7 Å². The molecule has 0 fully saturated rings. The molecule has 10 heteroatoms. The maximum absolute atomic E-state index is 13.1. The first-order chi connectivity index (χ1) is 14.3. The molecule has 1 unspecified atom stereocenters. The Bertz CT molecular complexity index is 1020. The number of hydrogen-bond acceptors (Lipinski definition) is 4. The van der Waals surface area contributed by atoms with Crippen LogP contribution in [0.4, 0.5) is 4.79 Å². The van der Waals surface area contributed by atoms with Crippen molar-refractivity contribution in [3.8, 4) is 0 Å². The number of carbonyl (C=O) groups is 1. The van der Waals surface area contributed by atoms with Gasteiger partial charge >= 0.3 is 16.3 Å². The molecule has 1 aromatic heterocycles. The molecule has 0 bridgehead atoms. The van der Waals surface area contributed by atoms with Crippen LogP contribution in [-0.4, -0.2) is 58.9 Å². The lowest BCUT2D eigenvalue weighted by Crippen LogP contribution is -2.36. The van der Waals surface area contributed by atoms with Gasteiger partial charge in [-0.05, 0) is 29.5 Å². The van der Waals surface area contributed by atoms with Gasteiger partial charge in [0.2, 0.25) is 0 Å². The summed E-state index contributed by atoms with van der Waals surface area (Å²) in [5, 5.41) is 9.69. The Morgan fingerprint density at radius 1 is 1.23 bits per heavy atom. The molecule has 0 spiro atoms. The van der Waals surface area contributed by atoms with Gasteiger partial charge in [-0.3, -0.25) is 0 Å². The topological polar surface area (TPSA) is 95.7 Å². The average Bonchev–Trinajstić information content (AvgIpc) is 3.10. The molecule has 0 saturated carbocycles. The van der Waals surface area contributed by atoms with E-state index in [2.05, 4.69) is 41.7 Å². The molecule has 2 rings (SSSR count). The van der Waals surface area contributed by atoms with Crippen molar-refractivity contribution >= 4 is 32.2 Å². The lowest BCUT2D eigenvalue weighted by molar-refractivity contribution is 0.135. The van der Waals surface area contributed by atoms with Gasteiger partial charge in [0.25, 0.3) is 0 Å². The first kappa shape index (κ1) is 25.4. The van der Waals surface area contributed by atoms with Gasteiger partial charge in [0.1, 0.15) is 5.82 Å². The Hall–Kier alpha value is -1.91. The van der Waals surface area contributed by atoms with E-state index < -0.39 is 22.3 Å². The summed E-state index contributed by atoms with van der Waals surface area (Å²) in [4.78, 5) is 17.6. The van der Waals surface area contributed by atoms with E-state index in [0.717, 1.165) is 29.6 Å². The number of benzene rings is 1. The molecule has 1 amide bonds. The minimum Gasteiger partial charge on any atom is -0.465 e. The molecule has 172 valence electrons. The van der Waals surface area contributed by atoms with Crippen molar-refractivity contribution in [1.82, 2.24) is 18.2 Å². The molecule has 0 aliphatic carbocycles. The van der Waals surface area contributed by atoms with E-state index in [4.69, 9.17) is 0 Å². The minimum atomic E-state index is -3.89. The molecule has 1 N–H and O–H groups in total. The lowest BCUT2D eigenvalue weighted by Gasteiger charge is -2.26. The number of imidazole rings is 1. The van der Waals surface area contributed by atoms with Gasteiger partial charge in [0.05, 0.1) is 11.7 Å². The van der Waals surface area contributed by atoms with Crippen molar-refractivity contribution in [2.24, 2.45) is 5.41 Å². The number of amides is 1. The van der Waals surface area contributed by atoms with Crippen LogP contribution < -0.4 is 0 Å². The van der Waals surface area contributed by atoms with Gasteiger partial charge in [-0.25, -0.2) is 13.8 Å². The number of hydrogen-bond donors (Lipinski definition) is 1. The molecule has 1 heterocycles. The molecule has 0 saturated heterocycles. The second-order valence-electron chi connectivity index (χ2n) is 8.61. The molecule has 31 heavy (non-hydrogen) atoms. The summed E-state index contributed by atoms with van der Waals surface area (Å²) in [7, 11) is 0.429. The van der Waals surface area contributed by atoms with E-state index >= 15 is 0 Å². The maximum atomic E-state index is 13.1. The van der Waals surface area contributed by atoms with Gasteiger partial charge in [-0.1, -0.05) is 55.3 Å². The van der Waals surface area contributed by atoms with Crippen molar-refractivity contribution in [2.75, 3.05) is 21.1 Å². The van der Waals surface area contributed by atoms with Crippen LogP contribution in [0.2, 0.25) is 0 Å². The second kappa shape index (κ2) is 9.70. The molecular formula is C21H31BrN4O4S. The molecule has 0 radical (unpaired) electrons. The van der Waals surface area contributed by atoms with Crippen molar-refractivity contribution in [3.63, 3.8) is 0 Å². The highest BCUT2D eigenvalue weighted by atomic mass is 79.9. The predicted octanol–water partition coefficient (Wildman–Crippen LogP) is 4.17. The van der Waals surface area contributed by atoms with Crippen LogP contribution in [0.3, 0.4) is 0 Å². The number of aromatic nitrogens is 2. The van der Waals surface area contributed by atoms with Crippen molar-refractivity contribution in [3.05, 3.63) is 52.0 Å². The van der Waals surface area contributed by atoms with Crippen LogP contribution in [0, 0.1) is 5.41 Å². The Morgan fingerprint density at radius 2 is 1.81 bits per heavy atom.